The van der Waals surface area contributed by atoms with Crippen molar-refractivity contribution in [3.63, 3.8) is 0 Å². The molecule has 0 aliphatic heterocycles. The second-order valence-corrected chi connectivity index (χ2v) is 7.60. The van der Waals surface area contributed by atoms with Crippen LogP contribution in [-0.4, -0.2) is 28.9 Å². The molecule has 158 valence electrons. The maximum atomic E-state index is 13.3. The molecule has 4 aromatic heterocycles. The smallest absolute Gasteiger partial charge is 0.333 e. The molecule has 0 N–H and O–H groups in total. The first-order chi connectivity index (χ1) is 14.5. The van der Waals surface area contributed by atoms with E-state index in [0.29, 0.717) is 35.9 Å². The molecule has 0 bridgehead atoms. The quantitative estimate of drug-likeness (QED) is 0.437. The molecule has 0 aliphatic rings. The van der Waals surface area contributed by atoms with Crippen LogP contribution in [0.5, 0.6) is 0 Å². The molecule has 0 saturated heterocycles. The van der Waals surface area contributed by atoms with E-state index in [9.17, 15) is 9.59 Å². The minimum absolute atomic E-state index is 0.125. The van der Waals surface area contributed by atoms with Gasteiger partial charge in [-0.1, -0.05) is 20.8 Å². The van der Waals surface area contributed by atoms with Crippen LogP contribution in [0.2, 0.25) is 0 Å². The van der Waals surface area contributed by atoms with Crippen LogP contribution >= 0.6 is 0 Å². The summed E-state index contributed by atoms with van der Waals surface area (Å²) in [4.78, 5) is 30.7. The summed E-state index contributed by atoms with van der Waals surface area (Å²) < 4.78 is 15.3. The normalized spacial score (nSPS) is 11.7. The van der Waals surface area contributed by atoms with E-state index < -0.39 is 11.2 Å². The van der Waals surface area contributed by atoms with Gasteiger partial charge in [-0.15, -0.1) is 10.2 Å². The van der Waals surface area contributed by atoms with Gasteiger partial charge in [0.2, 0.25) is 5.89 Å². The maximum Gasteiger partial charge on any atom is 0.333 e. The number of nitrogens with zero attached hydrogens (tertiary/aromatic N) is 6. The van der Waals surface area contributed by atoms with Gasteiger partial charge in [0.25, 0.3) is 11.4 Å². The molecular weight excluding hydrogens is 388 g/mol. The molecule has 10 heteroatoms. The lowest BCUT2D eigenvalue weighted by Gasteiger charge is -2.11. The van der Waals surface area contributed by atoms with E-state index >= 15 is 0 Å². The SMILES string of the molecule is CCCn1c(=O)n(Cc2nnc(-c3ccco3)o2)c(=O)c2c1ncn2CCC(C)C. The third-order valence-corrected chi connectivity index (χ3v) is 4.87. The van der Waals surface area contributed by atoms with Crippen LogP contribution in [0, 0.1) is 5.92 Å². The molecule has 10 nitrogen and oxygen atoms in total. The molecule has 0 aliphatic carbocycles. The summed E-state index contributed by atoms with van der Waals surface area (Å²) in [5.74, 6) is 1.24. The Kier molecular flexibility index (Phi) is 5.39. The fourth-order valence-corrected chi connectivity index (χ4v) is 3.32. The number of hydrogen-bond donors (Lipinski definition) is 0. The van der Waals surface area contributed by atoms with Gasteiger partial charge in [0.1, 0.15) is 6.54 Å². The molecule has 0 amide bonds. The summed E-state index contributed by atoms with van der Waals surface area (Å²) in [6.45, 7) is 7.19. The van der Waals surface area contributed by atoms with Gasteiger partial charge < -0.3 is 13.4 Å². The number of imidazole rings is 1. The van der Waals surface area contributed by atoms with E-state index in [2.05, 4.69) is 29.0 Å². The lowest BCUT2D eigenvalue weighted by molar-refractivity contribution is 0.455. The Hall–Kier alpha value is -3.43. The average molecular weight is 412 g/mol. The van der Waals surface area contributed by atoms with Crippen LogP contribution in [0.25, 0.3) is 22.8 Å². The first-order valence-corrected chi connectivity index (χ1v) is 10.0. The molecule has 4 rings (SSSR count). The van der Waals surface area contributed by atoms with Crippen LogP contribution in [-0.2, 0) is 19.6 Å². The Morgan fingerprint density at radius 1 is 1.13 bits per heavy atom. The summed E-state index contributed by atoms with van der Waals surface area (Å²) in [5.41, 5.74) is -0.0364. The first-order valence-electron chi connectivity index (χ1n) is 10.0. The van der Waals surface area contributed by atoms with Crippen molar-refractivity contribution in [3.05, 3.63) is 51.5 Å². The molecule has 4 aromatic rings. The Labute approximate surface area is 171 Å². The fourth-order valence-electron chi connectivity index (χ4n) is 3.32. The highest BCUT2D eigenvalue weighted by atomic mass is 16.4. The standard InChI is InChI=1S/C20H24N6O4/c1-4-8-25-17-16(24(12-21-17)9-7-13(2)3)19(27)26(20(25)28)11-15-22-23-18(30-15)14-6-5-10-29-14/h5-6,10,12-13H,4,7-9,11H2,1-3H3. The lowest BCUT2D eigenvalue weighted by Crippen LogP contribution is -2.41. The maximum absolute atomic E-state index is 13.3. The zero-order chi connectivity index (χ0) is 21.3. The lowest BCUT2D eigenvalue weighted by atomic mass is 10.1. The molecule has 4 heterocycles. The fraction of sp³-hybridized carbons (Fsp3) is 0.450. The number of aryl methyl sites for hydroxylation is 2. The van der Waals surface area contributed by atoms with Crippen LogP contribution in [0.3, 0.4) is 0 Å². The zero-order valence-corrected chi connectivity index (χ0v) is 17.2. The summed E-state index contributed by atoms with van der Waals surface area (Å²) in [6.07, 6.45) is 4.76. The van der Waals surface area contributed by atoms with Crippen LogP contribution in [0.15, 0.2) is 43.1 Å². The van der Waals surface area contributed by atoms with Crippen molar-refractivity contribution >= 4 is 11.2 Å². The number of furan rings is 1. The van der Waals surface area contributed by atoms with Gasteiger partial charge in [0.15, 0.2) is 16.9 Å². The van der Waals surface area contributed by atoms with E-state index in [-0.39, 0.29) is 18.3 Å². The zero-order valence-electron chi connectivity index (χ0n) is 17.2. The molecule has 0 unspecified atom stereocenters. The Morgan fingerprint density at radius 2 is 1.97 bits per heavy atom. The molecule has 0 spiro atoms. The highest BCUT2D eigenvalue weighted by molar-refractivity contribution is 5.70. The van der Waals surface area contributed by atoms with Gasteiger partial charge in [0, 0.05) is 13.1 Å². The van der Waals surface area contributed by atoms with Crippen LogP contribution in [0.4, 0.5) is 0 Å². The molecule has 0 saturated carbocycles. The molecule has 0 atom stereocenters. The summed E-state index contributed by atoms with van der Waals surface area (Å²) in [7, 11) is 0. The van der Waals surface area contributed by atoms with E-state index in [1.165, 1.54) is 10.8 Å². The van der Waals surface area contributed by atoms with Gasteiger partial charge in [-0.25, -0.2) is 14.3 Å². The van der Waals surface area contributed by atoms with Crippen molar-refractivity contribution in [1.82, 2.24) is 28.9 Å². The van der Waals surface area contributed by atoms with Crippen molar-refractivity contribution < 1.29 is 8.83 Å². The second kappa shape index (κ2) is 8.13. The Bertz CT molecular complexity index is 1260. The topological polar surface area (TPSA) is 114 Å². The highest BCUT2D eigenvalue weighted by Gasteiger charge is 2.20. The molecule has 0 aromatic carbocycles. The minimum atomic E-state index is -0.443. The van der Waals surface area contributed by atoms with Crippen molar-refractivity contribution in [2.45, 2.75) is 53.2 Å². The van der Waals surface area contributed by atoms with Crippen molar-refractivity contribution in [1.29, 1.82) is 0 Å². The molecule has 30 heavy (non-hydrogen) atoms. The van der Waals surface area contributed by atoms with Crippen molar-refractivity contribution in [2.24, 2.45) is 5.92 Å². The number of rotatable bonds is 8. The molecule has 0 radical (unpaired) electrons. The predicted molar refractivity (Wildman–Crippen MR) is 109 cm³/mol. The van der Waals surface area contributed by atoms with E-state index in [1.807, 2.05) is 11.5 Å². The average Bonchev–Trinajstić information content (AvgIpc) is 3.47. The van der Waals surface area contributed by atoms with Crippen LogP contribution < -0.4 is 11.2 Å². The van der Waals surface area contributed by atoms with Crippen LogP contribution in [0.1, 0.15) is 39.5 Å². The summed E-state index contributed by atoms with van der Waals surface area (Å²) in [5, 5.41) is 7.91. The first kappa shape index (κ1) is 19.9. The van der Waals surface area contributed by atoms with Gasteiger partial charge in [-0.3, -0.25) is 9.36 Å². The summed E-state index contributed by atoms with van der Waals surface area (Å²) in [6, 6.07) is 3.40. The second-order valence-electron chi connectivity index (χ2n) is 7.60. The Balaban J connectivity index is 1.79. The van der Waals surface area contributed by atoms with Gasteiger partial charge in [-0.2, -0.15) is 0 Å². The number of hydrogen-bond acceptors (Lipinski definition) is 7. The van der Waals surface area contributed by atoms with E-state index in [1.54, 1.807) is 18.5 Å². The molecular formula is C20H24N6O4. The van der Waals surface area contributed by atoms with E-state index in [4.69, 9.17) is 8.83 Å². The number of fused-ring (bicyclic) bond motifs is 1. The third-order valence-electron chi connectivity index (χ3n) is 4.87. The third kappa shape index (κ3) is 3.60. The van der Waals surface area contributed by atoms with Crippen molar-refractivity contribution in [2.75, 3.05) is 0 Å². The molecule has 0 fully saturated rings. The van der Waals surface area contributed by atoms with Gasteiger partial charge in [-0.05, 0) is 30.9 Å². The van der Waals surface area contributed by atoms with Gasteiger partial charge in [0.05, 0.1) is 12.6 Å². The van der Waals surface area contributed by atoms with Gasteiger partial charge >= 0.3 is 5.69 Å². The minimum Gasteiger partial charge on any atom is -0.459 e. The highest BCUT2D eigenvalue weighted by Crippen LogP contribution is 2.18. The number of aromatic nitrogens is 6. The predicted octanol–water partition coefficient (Wildman–Crippen LogP) is 2.51. The summed E-state index contributed by atoms with van der Waals surface area (Å²) >= 11 is 0. The monoisotopic (exact) mass is 412 g/mol. The van der Waals surface area contributed by atoms with Crippen molar-refractivity contribution in [3.8, 4) is 11.7 Å². The largest absolute Gasteiger partial charge is 0.459 e. The Morgan fingerprint density at radius 3 is 2.67 bits per heavy atom. The van der Waals surface area contributed by atoms with E-state index in [0.717, 1.165) is 17.4 Å².